The molecule has 150 valence electrons. The Hall–Kier alpha value is -3.19. The maximum absolute atomic E-state index is 12.0. The molecule has 7 heteroatoms. The van der Waals surface area contributed by atoms with Crippen molar-refractivity contribution in [2.45, 2.75) is 26.3 Å². The molecule has 1 aromatic carbocycles. The summed E-state index contributed by atoms with van der Waals surface area (Å²) in [4.78, 5) is 24.8. The molecule has 2 aromatic heterocycles. The van der Waals surface area contributed by atoms with Gasteiger partial charge >= 0.3 is 5.97 Å². The molecule has 1 atom stereocenters. The lowest BCUT2D eigenvalue weighted by atomic mass is 10.2. The van der Waals surface area contributed by atoms with Crippen LogP contribution in [0.3, 0.4) is 0 Å². The number of rotatable bonds is 8. The SMILES string of the molecule is CC[C@H](C)NC(=O)COC(=O)/C=C/c1cn(-c2ccccc2)nc1-c1cccs1. The molecule has 0 fully saturated rings. The molecule has 1 N–H and O–H groups in total. The molecule has 0 aliphatic heterocycles. The van der Waals surface area contributed by atoms with E-state index in [4.69, 9.17) is 4.74 Å². The Morgan fingerprint density at radius 1 is 1.24 bits per heavy atom. The van der Waals surface area contributed by atoms with Crippen molar-refractivity contribution in [1.82, 2.24) is 15.1 Å². The zero-order valence-electron chi connectivity index (χ0n) is 16.4. The van der Waals surface area contributed by atoms with Crippen LogP contribution in [0.2, 0.25) is 0 Å². The Balaban J connectivity index is 1.73. The second-order valence-electron chi connectivity index (χ2n) is 6.51. The van der Waals surface area contributed by atoms with Gasteiger partial charge in [-0.05, 0) is 43.0 Å². The molecule has 29 heavy (non-hydrogen) atoms. The Bertz CT molecular complexity index is 978. The molecule has 0 spiro atoms. The molecule has 0 saturated heterocycles. The molecule has 2 heterocycles. The maximum atomic E-state index is 12.0. The van der Waals surface area contributed by atoms with Crippen molar-refractivity contribution < 1.29 is 14.3 Å². The summed E-state index contributed by atoms with van der Waals surface area (Å²) in [6, 6.07) is 13.7. The lowest BCUT2D eigenvalue weighted by Gasteiger charge is -2.10. The summed E-state index contributed by atoms with van der Waals surface area (Å²) < 4.78 is 6.81. The standard InChI is InChI=1S/C22H23N3O3S/c1-3-16(2)23-20(26)15-28-21(27)12-11-17-14-25(18-8-5-4-6-9-18)24-22(17)19-10-7-13-29-19/h4-14,16H,3,15H2,1-2H3,(H,23,26)/b12-11+/t16-/m0/s1. The number of ether oxygens (including phenoxy) is 1. The van der Waals surface area contributed by atoms with E-state index in [2.05, 4.69) is 10.4 Å². The molecule has 1 amide bonds. The van der Waals surface area contributed by atoms with E-state index in [1.165, 1.54) is 6.08 Å². The van der Waals surface area contributed by atoms with E-state index in [-0.39, 0.29) is 18.6 Å². The Labute approximate surface area is 173 Å². The van der Waals surface area contributed by atoms with Crippen molar-refractivity contribution in [3.05, 3.63) is 65.7 Å². The van der Waals surface area contributed by atoms with Crippen LogP contribution in [0, 0.1) is 0 Å². The van der Waals surface area contributed by atoms with Crippen LogP contribution in [0.4, 0.5) is 0 Å². The molecule has 0 bridgehead atoms. The largest absolute Gasteiger partial charge is 0.452 e. The number of amides is 1. The van der Waals surface area contributed by atoms with Crippen LogP contribution in [0.15, 0.2) is 60.1 Å². The second kappa shape index (κ2) is 9.84. The lowest BCUT2D eigenvalue weighted by molar-refractivity contribution is -0.144. The van der Waals surface area contributed by atoms with Gasteiger partial charge in [-0.2, -0.15) is 5.10 Å². The topological polar surface area (TPSA) is 73.2 Å². The van der Waals surface area contributed by atoms with Crippen LogP contribution in [-0.4, -0.2) is 34.3 Å². The van der Waals surface area contributed by atoms with E-state index in [0.29, 0.717) is 0 Å². The quantitative estimate of drug-likeness (QED) is 0.450. The maximum Gasteiger partial charge on any atom is 0.331 e. The van der Waals surface area contributed by atoms with Gasteiger partial charge in [0.25, 0.3) is 5.91 Å². The van der Waals surface area contributed by atoms with E-state index in [1.807, 2.05) is 67.9 Å². The number of thiophene rings is 1. The summed E-state index contributed by atoms with van der Waals surface area (Å²) in [5.41, 5.74) is 2.49. The van der Waals surface area contributed by atoms with E-state index in [1.54, 1.807) is 22.1 Å². The summed E-state index contributed by atoms with van der Waals surface area (Å²) >= 11 is 1.58. The number of nitrogens with one attached hydrogen (secondary N) is 1. The highest BCUT2D eigenvalue weighted by atomic mass is 32.1. The normalized spacial score (nSPS) is 12.1. The van der Waals surface area contributed by atoms with Gasteiger partial charge in [0.2, 0.25) is 0 Å². The smallest absolute Gasteiger partial charge is 0.331 e. The first-order valence-electron chi connectivity index (χ1n) is 9.40. The lowest BCUT2D eigenvalue weighted by Crippen LogP contribution is -2.35. The second-order valence-corrected chi connectivity index (χ2v) is 7.46. The van der Waals surface area contributed by atoms with Gasteiger partial charge < -0.3 is 10.1 Å². The fourth-order valence-electron chi connectivity index (χ4n) is 2.59. The van der Waals surface area contributed by atoms with Crippen molar-refractivity contribution in [3.63, 3.8) is 0 Å². The van der Waals surface area contributed by atoms with Crippen molar-refractivity contribution >= 4 is 29.3 Å². The number of aromatic nitrogens is 2. The molecule has 6 nitrogen and oxygen atoms in total. The monoisotopic (exact) mass is 409 g/mol. The molecule has 0 radical (unpaired) electrons. The number of nitrogens with zero attached hydrogens (tertiary/aromatic N) is 2. The molecule has 3 rings (SSSR count). The molecule has 3 aromatic rings. The fraction of sp³-hybridized carbons (Fsp3) is 0.227. The van der Waals surface area contributed by atoms with E-state index >= 15 is 0 Å². The number of carbonyl (C=O) groups excluding carboxylic acids is 2. The first kappa shape index (κ1) is 20.5. The first-order valence-corrected chi connectivity index (χ1v) is 10.3. The van der Waals surface area contributed by atoms with E-state index in [0.717, 1.165) is 28.2 Å². The van der Waals surface area contributed by atoms with Crippen LogP contribution in [0.5, 0.6) is 0 Å². The van der Waals surface area contributed by atoms with Gasteiger partial charge in [0, 0.05) is 23.9 Å². The van der Waals surface area contributed by atoms with Crippen LogP contribution < -0.4 is 5.32 Å². The van der Waals surface area contributed by atoms with Crippen molar-refractivity contribution in [2.24, 2.45) is 0 Å². The summed E-state index contributed by atoms with van der Waals surface area (Å²) in [5, 5.41) is 9.41. The zero-order chi connectivity index (χ0) is 20.6. The predicted octanol–water partition coefficient (Wildman–Crippen LogP) is 4.07. The van der Waals surface area contributed by atoms with E-state index < -0.39 is 5.97 Å². The zero-order valence-corrected chi connectivity index (χ0v) is 17.2. The van der Waals surface area contributed by atoms with Crippen LogP contribution in [-0.2, 0) is 14.3 Å². The van der Waals surface area contributed by atoms with Crippen molar-refractivity contribution in [1.29, 1.82) is 0 Å². The summed E-state index contributed by atoms with van der Waals surface area (Å²) in [5.74, 6) is -0.883. The van der Waals surface area contributed by atoms with Crippen molar-refractivity contribution in [2.75, 3.05) is 6.61 Å². The van der Waals surface area contributed by atoms with Crippen molar-refractivity contribution in [3.8, 4) is 16.3 Å². The minimum absolute atomic E-state index is 0.0499. The number of esters is 1. The van der Waals surface area contributed by atoms with Gasteiger partial charge in [0.1, 0.15) is 5.69 Å². The van der Waals surface area contributed by atoms with E-state index in [9.17, 15) is 9.59 Å². The Morgan fingerprint density at radius 3 is 2.72 bits per heavy atom. The van der Waals surface area contributed by atoms with Gasteiger partial charge in [-0.25, -0.2) is 9.48 Å². The third-order valence-corrected chi connectivity index (χ3v) is 5.16. The van der Waals surface area contributed by atoms with Crippen LogP contribution in [0.1, 0.15) is 25.8 Å². The third-order valence-electron chi connectivity index (χ3n) is 4.28. The molecular weight excluding hydrogens is 386 g/mol. The Kier molecular flexibility index (Phi) is 6.97. The summed E-state index contributed by atoms with van der Waals surface area (Å²) in [7, 11) is 0. The average Bonchev–Trinajstić information content (AvgIpc) is 3.41. The number of carbonyl (C=O) groups is 2. The minimum Gasteiger partial charge on any atom is -0.452 e. The number of para-hydroxylation sites is 1. The third kappa shape index (κ3) is 5.65. The highest BCUT2D eigenvalue weighted by Crippen LogP contribution is 2.28. The first-order chi connectivity index (χ1) is 14.1. The Morgan fingerprint density at radius 2 is 2.03 bits per heavy atom. The van der Waals surface area contributed by atoms with Gasteiger partial charge in [0.15, 0.2) is 6.61 Å². The van der Waals surface area contributed by atoms with Gasteiger partial charge in [0.05, 0.1) is 10.6 Å². The number of benzene rings is 1. The summed E-state index contributed by atoms with van der Waals surface area (Å²) in [6.07, 6.45) is 5.66. The summed E-state index contributed by atoms with van der Waals surface area (Å²) in [6.45, 7) is 3.57. The molecule has 0 saturated carbocycles. The van der Waals surface area contributed by atoms with Gasteiger partial charge in [-0.15, -0.1) is 11.3 Å². The number of hydrogen-bond donors (Lipinski definition) is 1. The number of hydrogen-bond acceptors (Lipinski definition) is 5. The van der Waals surface area contributed by atoms with Crippen LogP contribution >= 0.6 is 11.3 Å². The predicted molar refractivity (Wildman–Crippen MR) is 115 cm³/mol. The average molecular weight is 410 g/mol. The molecule has 0 aliphatic rings. The molecule has 0 aliphatic carbocycles. The fourth-order valence-corrected chi connectivity index (χ4v) is 3.32. The van der Waals surface area contributed by atoms with Crippen LogP contribution in [0.25, 0.3) is 22.3 Å². The highest BCUT2D eigenvalue weighted by molar-refractivity contribution is 7.13. The highest BCUT2D eigenvalue weighted by Gasteiger charge is 2.12. The van der Waals surface area contributed by atoms with Gasteiger partial charge in [-0.1, -0.05) is 31.2 Å². The molecular formula is C22H23N3O3S. The van der Waals surface area contributed by atoms with Gasteiger partial charge in [-0.3, -0.25) is 4.79 Å². The minimum atomic E-state index is -0.575. The molecule has 0 unspecified atom stereocenters.